The van der Waals surface area contributed by atoms with E-state index < -0.39 is 0 Å². The van der Waals surface area contributed by atoms with Crippen LogP contribution in [0.5, 0.6) is 5.75 Å². The molecular formula is C23H18N4O3S3. The van der Waals surface area contributed by atoms with E-state index in [-0.39, 0.29) is 18.0 Å². The molecule has 0 saturated carbocycles. The van der Waals surface area contributed by atoms with Crippen LogP contribution in [0.15, 0.2) is 57.6 Å². The van der Waals surface area contributed by atoms with E-state index in [4.69, 9.17) is 4.74 Å². The van der Waals surface area contributed by atoms with Gasteiger partial charge in [0.2, 0.25) is 5.91 Å². The number of thiophene rings is 2. The molecule has 1 amide bonds. The van der Waals surface area contributed by atoms with E-state index in [2.05, 4.69) is 15.3 Å². The molecule has 0 spiro atoms. The molecule has 166 valence electrons. The number of ether oxygens (including phenoxy) is 1. The number of anilines is 1. The third-order valence-corrected chi connectivity index (χ3v) is 7.59. The number of thiazole rings is 1. The topological polar surface area (TPSA) is 86.1 Å². The first-order chi connectivity index (χ1) is 16.0. The molecule has 0 unspecified atom stereocenters. The number of nitrogens with zero attached hydrogens (tertiary/aromatic N) is 3. The first-order valence-corrected chi connectivity index (χ1v) is 12.6. The Bertz CT molecular complexity index is 1520. The van der Waals surface area contributed by atoms with Crippen molar-refractivity contribution in [3.63, 3.8) is 0 Å². The van der Waals surface area contributed by atoms with E-state index in [0.29, 0.717) is 21.1 Å². The Morgan fingerprint density at radius 1 is 1.15 bits per heavy atom. The first-order valence-electron chi connectivity index (χ1n) is 9.94. The number of hydrogen-bond donors (Lipinski definition) is 1. The minimum absolute atomic E-state index is 0.149. The van der Waals surface area contributed by atoms with Crippen molar-refractivity contribution in [3.05, 3.63) is 68.7 Å². The highest BCUT2D eigenvalue weighted by Crippen LogP contribution is 2.34. The molecule has 5 rings (SSSR count). The van der Waals surface area contributed by atoms with Gasteiger partial charge in [0.25, 0.3) is 5.56 Å². The fraction of sp³-hybridized carbons (Fsp3) is 0.130. The normalized spacial score (nSPS) is 11.1. The van der Waals surface area contributed by atoms with Gasteiger partial charge in [-0.1, -0.05) is 17.7 Å². The lowest BCUT2D eigenvalue weighted by atomic mass is 10.1. The summed E-state index contributed by atoms with van der Waals surface area (Å²) in [5.41, 5.74) is 3.29. The second kappa shape index (κ2) is 8.89. The summed E-state index contributed by atoms with van der Waals surface area (Å²) in [7, 11) is 1.61. The van der Waals surface area contributed by atoms with E-state index in [0.717, 1.165) is 27.3 Å². The molecule has 5 aromatic rings. The zero-order chi connectivity index (χ0) is 22.9. The Morgan fingerprint density at radius 2 is 2.03 bits per heavy atom. The number of carbonyl (C=O) groups is 1. The van der Waals surface area contributed by atoms with Crippen LogP contribution in [0.1, 0.15) is 5.56 Å². The Morgan fingerprint density at radius 3 is 2.82 bits per heavy atom. The van der Waals surface area contributed by atoms with Gasteiger partial charge in [0.1, 0.15) is 17.1 Å². The molecule has 0 radical (unpaired) electrons. The lowest BCUT2D eigenvalue weighted by Gasteiger charge is -2.07. The van der Waals surface area contributed by atoms with E-state index in [1.807, 2.05) is 53.4 Å². The second-order valence-electron chi connectivity index (χ2n) is 7.27. The highest BCUT2D eigenvalue weighted by Gasteiger charge is 2.16. The van der Waals surface area contributed by atoms with Crippen LogP contribution < -0.4 is 15.6 Å². The van der Waals surface area contributed by atoms with Gasteiger partial charge in [-0.3, -0.25) is 14.2 Å². The number of fused-ring (bicyclic) bond motifs is 1. The Kier molecular flexibility index (Phi) is 5.79. The van der Waals surface area contributed by atoms with E-state index in [1.54, 1.807) is 18.4 Å². The molecule has 0 fully saturated rings. The number of carbonyl (C=O) groups excluding carboxylic acids is 1. The van der Waals surface area contributed by atoms with Crippen LogP contribution in [0, 0.1) is 6.92 Å². The van der Waals surface area contributed by atoms with E-state index in [1.165, 1.54) is 33.6 Å². The van der Waals surface area contributed by atoms with Crippen molar-refractivity contribution >= 4 is 55.3 Å². The molecule has 0 aliphatic heterocycles. The lowest BCUT2D eigenvalue weighted by Crippen LogP contribution is -2.27. The van der Waals surface area contributed by atoms with Crippen LogP contribution in [0.25, 0.3) is 31.9 Å². The smallest absolute Gasteiger partial charge is 0.263 e. The summed E-state index contributed by atoms with van der Waals surface area (Å²) in [6.45, 7) is 1.85. The van der Waals surface area contributed by atoms with Crippen LogP contribution in [0.3, 0.4) is 0 Å². The zero-order valence-corrected chi connectivity index (χ0v) is 20.1. The van der Waals surface area contributed by atoms with Crippen LogP contribution in [0.4, 0.5) is 5.13 Å². The molecule has 4 aromatic heterocycles. The largest absolute Gasteiger partial charge is 0.496 e. The molecule has 7 nitrogen and oxygen atoms in total. The maximum absolute atomic E-state index is 13.1. The Labute approximate surface area is 201 Å². The van der Waals surface area contributed by atoms with Gasteiger partial charge in [-0.25, -0.2) is 9.97 Å². The van der Waals surface area contributed by atoms with Gasteiger partial charge >= 0.3 is 0 Å². The van der Waals surface area contributed by atoms with Crippen molar-refractivity contribution in [3.8, 4) is 27.4 Å². The van der Waals surface area contributed by atoms with Crippen LogP contribution >= 0.6 is 34.0 Å². The van der Waals surface area contributed by atoms with Crippen molar-refractivity contribution in [2.75, 3.05) is 12.4 Å². The number of benzene rings is 1. The number of amides is 1. The maximum Gasteiger partial charge on any atom is 0.263 e. The molecule has 4 heterocycles. The van der Waals surface area contributed by atoms with Gasteiger partial charge in [-0.2, -0.15) is 0 Å². The lowest BCUT2D eigenvalue weighted by molar-refractivity contribution is -0.116. The van der Waals surface area contributed by atoms with Crippen molar-refractivity contribution in [2.45, 2.75) is 13.5 Å². The summed E-state index contributed by atoms with van der Waals surface area (Å²) in [5, 5.41) is 9.56. The van der Waals surface area contributed by atoms with Gasteiger partial charge in [0.15, 0.2) is 5.13 Å². The molecule has 1 aromatic carbocycles. The molecule has 1 N–H and O–H groups in total. The zero-order valence-electron chi connectivity index (χ0n) is 17.7. The number of aryl methyl sites for hydroxylation is 1. The molecule has 0 aliphatic rings. The predicted molar refractivity (Wildman–Crippen MR) is 135 cm³/mol. The Balaban J connectivity index is 1.37. The maximum atomic E-state index is 13.1. The van der Waals surface area contributed by atoms with E-state index >= 15 is 0 Å². The highest BCUT2D eigenvalue weighted by molar-refractivity contribution is 7.18. The fourth-order valence-corrected chi connectivity index (χ4v) is 5.93. The van der Waals surface area contributed by atoms with Crippen LogP contribution in [-0.2, 0) is 11.3 Å². The average molecular weight is 495 g/mol. The van der Waals surface area contributed by atoms with E-state index in [9.17, 15) is 9.59 Å². The summed E-state index contributed by atoms with van der Waals surface area (Å²) in [6, 6.07) is 9.77. The van der Waals surface area contributed by atoms with Crippen molar-refractivity contribution in [1.29, 1.82) is 0 Å². The molecule has 33 heavy (non-hydrogen) atoms. The SMILES string of the molecule is COc1ccc(C)cc1-c1csc(NC(=O)Cn2cnc3scc(-c4cccs4)c3c2=O)n1. The number of aromatic nitrogens is 3. The van der Waals surface area contributed by atoms with Crippen molar-refractivity contribution in [1.82, 2.24) is 14.5 Å². The summed E-state index contributed by atoms with van der Waals surface area (Å²) in [5.74, 6) is 0.371. The standard InChI is InChI=1S/C23H18N4O3S3/c1-13-5-6-17(30-2)14(8-13)16-11-33-23(25-16)26-19(28)9-27-12-24-21-20(22(27)29)15(10-32-21)18-4-3-7-31-18/h3-8,10-12H,9H2,1-2H3,(H,25,26,28). The number of methoxy groups -OCH3 is 1. The number of hydrogen-bond acceptors (Lipinski definition) is 8. The number of nitrogens with one attached hydrogen (secondary N) is 1. The second-order valence-corrected chi connectivity index (χ2v) is 9.94. The van der Waals surface area contributed by atoms with Gasteiger partial charge in [-0.15, -0.1) is 34.0 Å². The fourth-order valence-electron chi connectivity index (χ4n) is 3.48. The minimum atomic E-state index is -0.344. The molecular weight excluding hydrogens is 476 g/mol. The van der Waals surface area contributed by atoms with Crippen molar-refractivity contribution < 1.29 is 9.53 Å². The highest BCUT2D eigenvalue weighted by atomic mass is 32.1. The molecule has 0 bridgehead atoms. The first kappa shape index (κ1) is 21.5. The van der Waals surface area contributed by atoms with Crippen LogP contribution in [0.2, 0.25) is 0 Å². The number of rotatable bonds is 6. The summed E-state index contributed by atoms with van der Waals surface area (Å²) in [4.78, 5) is 36.4. The van der Waals surface area contributed by atoms with Gasteiger partial charge < -0.3 is 10.1 Å². The summed E-state index contributed by atoms with van der Waals surface area (Å²) < 4.78 is 6.77. The van der Waals surface area contributed by atoms with Gasteiger partial charge in [-0.05, 0) is 30.5 Å². The molecule has 0 aliphatic carbocycles. The predicted octanol–water partition coefficient (Wildman–Crippen LogP) is 5.27. The molecule has 0 atom stereocenters. The third kappa shape index (κ3) is 4.20. The molecule has 0 saturated heterocycles. The minimum Gasteiger partial charge on any atom is -0.496 e. The van der Waals surface area contributed by atoms with Gasteiger partial charge in [0.05, 0.1) is 24.5 Å². The van der Waals surface area contributed by atoms with Crippen LogP contribution in [-0.4, -0.2) is 27.6 Å². The summed E-state index contributed by atoms with van der Waals surface area (Å²) >= 11 is 4.31. The third-order valence-electron chi connectivity index (χ3n) is 5.04. The van der Waals surface area contributed by atoms with Gasteiger partial charge in [0, 0.05) is 26.8 Å². The molecule has 10 heteroatoms. The quantitative estimate of drug-likeness (QED) is 0.348. The average Bonchev–Trinajstić information content (AvgIpc) is 3.56. The van der Waals surface area contributed by atoms with Crippen molar-refractivity contribution in [2.24, 2.45) is 0 Å². The monoisotopic (exact) mass is 494 g/mol. The summed E-state index contributed by atoms with van der Waals surface area (Å²) in [6.07, 6.45) is 1.42. The Hall–Kier alpha value is -3.34.